The van der Waals surface area contributed by atoms with Crippen LogP contribution in [0.5, 0.6) is 0 Å². The first-order valence-electron chi connectivity index (χ1n) is 8.08. The fourth-order valence-corrected chi connectivity index (χ4v) is 4.00. The summed E-state index contributed by atoms with van der Waals surface area (Å²) in [6.45, 7) is 0.825. The van der Waals surface area contributed by atoms with Crippen molar-refractivity contribution in [2.75, 3.05) is 6.54 Å². The Morgan fingerprint density at radius 1 is 1.26 bits per heavy atom. The summed E-state index contributed by atoms with van der Waals surface area (Å²) in [5.74, 6) is 1.13. The Hall–Kier alpha value is -2.14. The molecule has 0 spiro atoms. The monoisotopic (exact) mass is 325 g/mol. The number of likely N-dealkylation sites (tertiary alicyclic amines) is 1. The van der Waals surface area contributed by atoms with E-state index in [9.17, 15) is 4.79 Å². The van der Waals surface area contributed by atoms with E-state index in [2.05, 4.69) is 4.98 Å². The number of amides is 1. The Morgan fingerprint density at radius 3 is 3.00 bits per heavy atom. The van der Waals surface area contributed by atoms with Crippen molar-refractivity contribution in [3.05, 3.63) is 52.5 Å². The van der Waals surface area contributed by atoms with Crippen molar-refractivity contribution >= 4 is 28.3 Å². The van der Waals surface area contributed by atoms with E-state index in [0.717, 1.165) is 47.5 Å². The molecule has 1 atom stereocenters. The lowest BCUT2D eigenvalue weighted by molar-refractivity contribution is -0.134. The number of carbonyl (C=O) groups is 1. The molecule has 3 aromatic rings. The number of hydrogen-bond acceptors (Lipinski definition) is 3. The number of nitrogens with zero attached hydrogens (tertiary/aromatic N) is 2. The molecule has 4 rings (SSSR count). The van der Waals surface area contributed by atoms with E-state index in [1.807, 2.05) is 46.7 Å². The Morgan fingerprint density at radius 2 is 2.17 bits per heavy atom. The molecule has 1 aromatic carbocycles. The Bertz CT molecular complexity index is 776. The zero-order valence-corrected chi connectivity index (χ0v) is 13.7. The van der Waals surface area contributed by atoms with Gasteiger partial charge < -0.3 is 9.88 Å². The van der Waals surface area contributed by atoms with E-state index < -0.39 is 0 Å². The van der Waals surface area contributed by atoms with Gasteiger partial charge in [-0.2, -0.15) is 0 Å². The SMILES string of the molecule is O=C(Cc1cccs1)N1CCCC[C@@H]1c1nc2ccccc2[nH]1. The fourth-order valence-electron chi connectivity index (χ4n) is 3.31. The molecular formula is C18H19N3OS. The predicted octanol–water partition coefficient (Wildman–Crippen LogP) is 3.92. The summed E-state index contributed by atoms with van der Waals surface area (Å²) in [6.07, 6.45) is 3.70. The number of aromatic amines is 1. The number of rotatable bonds is 3. The normalized spacial score (nSPS) is 18.4. The zero-order valence-electron chi connectivity index (χ0n) is 12.9. The molecule has 0 unspecified atom stereocenters. The van der Waals surface area contributed by atoms with Crippen molar-refractivity contribution < 1.29 is 4.79 Å². The highest BCUT2D eigenvalue weighted by Crippen LogP contribution is 2.31. The van der Waals surface area contributed by atoms with Crippen LogP contribution in [0.2, 0.25) is 0 Å². The van der Waals surface area contributed by atoms with Crippen LogP contribution in [-0.4, -0.2) is 27.3 Å². The summed E-state index contributed by atoms with van der Waals surface area (Å²) in [5, 5.41) is 2.02. The quantitative estimate of drug-likeness (QED) is 0.793. The molecule has 1 saturated heterocycles. The van der Waals surface area contributed by atoms with Crippen molar-refractivity contribution in [1.82, 2.24) is 14.9 Å². The van der Waals surface area contributed by atoms with Crippen molar-refractivity contribution in [3.8, 4) is 0 Å². The highest BCUT2D eigenvalue weighted by atomic mass is 32.1. The number of aromatic nitrogens is 2. The van der Waals surface area contributed by atoms with Gasteiger partial charge in [-0.3, -0.25) is 4.79 Å². The summed E-state index contributed by atoms with van der Waals surface area (Å²) in [5.41, 5.74) is 2.01. The number of para-hydroxylation sites is 2. The molecule has 118 valence electrons. The van der Waals surface area contributed by atoms with Crippen LogP contribution < -0.4 is 0 Å². The number of fused-ring (bicyclic) bond motifs is 1. The highest BCUT2D eigenvalue weighted by molar-refractivity contribution is 7.10. The summed E-state index contributed by atoms with van der Waals surface area (Å²) in [6, 6.07) is 12.1. The van der Waals surface area contributed by atoms with Gasteiger partial charge in [0.2, 0.25) is 5.91 Å². The van der Waals surface area contributed by atoms with E-state index in [0.29, 0.717) is 6.42 Å². The van der Waals surface area contributed by atoms with Crippen molar-refractivity contribution in [2.24, 2.45) is 0 Å². The van der Waals surface area contributed by atoms with Crippen molar-refractivity contribution in [1.29, 1.82) is 0 Å². The van der Waals surface area contributed by atoms with Crippen molar-refractivity contribution in [2.45, 2.75) is 31.7 Å². The van der Waals surface area contributed by atoms with E-state index in [-0.39, 0.29) is 11.9 Å². The molecule has 1 fully saturated rings. The largest absolute Gasteiger partial charge is 0.340 e. The third-order valence-corrected chi connectivity index (χ3v) is 5.33. The van der Waals surface area contributed by atoms with Crippen LogP contribution in [0.25, 0.3) is 11.0 Å². The number of H-pyrrole nitrogens is 1. The second-order valence-electron chi connectivity index (χ2n) is 5.99. The molecule has 4 nitrogen and oxygen atoms in total. The molecular weight excluding hydrogens is 306 g/mol. The molecule has 1 aliphatic heterocycles. The fraction of sp³-hybridized carbons (Fsp3) is 0.333. The maximum absolute atomic E-state index is 12.8. The molecule has 0 radical (unpaired) electrons. The van der Waals surface area contributed by atoms with Crippen LogP contribution >= 0.6 is 11.3 Å². The maximum atomic E-state index is 12.8. The van der Waals surface area contributed by atoms with Gasteiger partial charge in [-0.15, -0.1) is 11.3 Å². The Balaban J connectivity index is 1.60. The molecule has 1 N–H and O–H groups in total. The number of carbonyl (C=O) groups excluding carboxylic acids is 1. The second kappa shape index (κ2) is 6.16. The highest BCUT2D eigenvalue weighted by Gasteiger charge is 2.30. The minimum atomic E-state index is 0.0728. The number of piperidine rings is 1. The van der Waals surface area contributed by atoms with E-state index in [4.69, 9.17) is 4.98 Å². The number of thiophene rings is 1. The third kappa shape index (κ3) is 2.88. The molecule has 23 heavy (non-hydrogen) atoms. The molecule has 3 heterocycles. The van der Waals surface area contributed by atoms with Gasteiger partial charge in [0.25, 0.3) is 0 Å². The first-order chi connectivity index (χ1) is 11.3. The summed E-state index contributed by atoms with van der Waals surface area (Å²) in [4.78, 5) is 24.0. The van der Waals surface area contributed by atoms with Crippen molar-refractivity contribution in [3.63, 3.8) is 0 Å². The molecule has 1 amide bonds. The summed E-state index contributed by atoms with van der Waals surface area (Å²) in [7, 11) is 0. The average molecular weight is 325 g/mol. The van der Waals surface area contributed by atoms with Gasteiger partial charge in [0.05, 0.1) is 23.5 Å². The van der Waals surface area contributed by atoms with Gasteiger partial charge in [-0.25, -0.2) is 4.98 Å². The van der Waals surface area contributed by atoms with Crippen LogP contribution in [0.1, 0.15) is 36.0 Å². The van der Waals surface area contributed by atoms with Gasteiger partial charge in [-0.1, -0.05) is 18.2 Å². The van der Waals surface area contributed by atoms with Crippen LogP contribution in [0.4, 0.5) is 0 Å². The minimum absolute atomic E-state index is 0.0728. The number of hydrogen-bond donors (Lipinski definition) is 1. The van der Waals surface area contributed by atoms with E-state index >= 15 is 0 Å². The van der Waals surface area contributed by atoms with Gasteiger partial charge in [0.15, 0.2) is 0 Å². The minimum Gasteiger partial charge on any atom is -0.340 e. The van der Waals surface area contributed by atoms with Gasteiger partial charge in [0.1, 0.15) is 5.82 Å². The van der Waals surface area contributed by atoms with Crippen LogP contribution in [0.15, 0.2) is 41.8 Å². The maximum Gasteiger partial charge on any atom is 0.228 e. The van der Waals surface area contributed by atoms with Crippen LogP contribution in [0.3, 0.4) is 0 Å². The lowest BCUT2D eigenvalue weighted by Gasteiger charge is -2.34. The van der Waals surface area contributed by atoms with Crippen LogP contribution in [-0.2, 0) is 11.2 Å². The van der Waals surface area contributed by atoms with Gasteiger partial charge >= 0.3 is 0 Å². The standard InChI is InChI=1S/C18H19N3OS/c22-17(12-13-6-5-11-23-13)21-10-4-3-9-16(21)18-19-14-7-1-2-8-15(14)20-18/h1-2,5-8,11,16H,3-4,9-10,12H2,(H,19,20)/t16-/m1/s1. The molecule has 5 heteroatoms. The lowest BCUT2D eigenvalue weighted by Crippen LogP contribution is -2.39. The predicted molar refractivity (Wildman–Crippen MR) is 92.4 cm³/mol. The number of imidazole rings is 1. The molecule has 0 bridgehead atoms. The topological polar surface area (TPSA) is 49.0 Å². The van der Waals surface area contributed by atoms with Crippen LogP contribution in [0, 0.1) is 0 Å². The first kappa shape index (κ1) is 14.5. The van der Waals surface area contributed by atoms with E-state index in [1.54, 1.807) is 11.3 Å². The van der Waals surface area contributed by atoms with Gasteiger partial charge in [-0.05, 0) is 42.8 Å². The molecule has 0 saturated carbocycles. The first-order valence-corrected chi connectivity index (χ1v) is 8.96. The average Bonchev–Trinajstić information content (AvgIpc) is 3.23. The molecule has 0 aliphatic carbocycles. The number of benzene rings is 1. The molecule has 2 aromatic heterocycles. The summed E-state index contributed by atoms with van der Waals surface area (Å²) >= 11 is 1.65. The van der Waals surface area contributed by atoms with E-state index in [1.165, 1.54) is 0 Å². The lowest BCUT2D eigenvalue weighted by atomic mass is 10.0. The third-order valence-electron chi connectivity index (χ3n) is 4.45. The summed E-state index contributed by atoms with van der Waals surface area (Å²) < 4.78 is 0. The van der Waals surface area contributed by atoms with Gasteiger partial charge in [0, 0.05) is 11.4 Å². The second-order valence-corrected chi connectivity index (χ2v) is 7.03. The smallest absolute Gasteiger partial charge is 0.228 e. The number of nitrogens with one attached hydrogen (secondary N) is 1. The molecule has 1 aliphatic rings. The Labute approximate surface area is 139 Å². The Kier molecular flexibility index (Phi) is 3.87. The zero-order chi connectivity index (χ0) is 15.6.